The highest BCUT2D eigenvalue weighted by atomic mass is 35.5. The Kier molecular flexibility index (Phi) is 5.08. The van der Waals surface area contributed by atoms with Gasteiger partial charge >= 0.3 is 5.97 Å². The molecule has 0 aliphatic heterocycles. The van der Waals surface area contributed by atoms with Crippen LogP contribution in [0.4, 0.5) is 0 Å². The van der Waals surface area contributed by atoms with Gasteiger partial charge in [-0.05, 0) is 24.3 Å². The van der Waals surface area contributed by atoms with Crippen molar-refractivity contribution < 1.29 is 18.5 Å². The number of benzene rings is 1. The van der Waals surface area contributed by atoms with Crippen molar-refractivity contribution in [3.63, 3.8) is 0 Å². The number of carbonyl (C=O) groups is 1. The number of esters is 1. The average Bonchev–Trinajstić information content (AvgIpc) is 3.19. The minimum absolute atomic E-state index is 0.00900. The van der Waals surface area contributed by atoms with Gasteiger partial charge < -0.3 is 13.7 Å². The van der Waals surface area contributed by atoms with E-state index in [2.05, 4.69) is 10.1 Å². The number of aromatic nitrogens is 2. The van der Waals surface area contributed by atoms with Gasteiger partial charge in [-0.1, -0.05) is 40.0 Å². The molecule has 0 aliphatic rings. The molecular formula is C15H9Cl3N2O4. The number of nitrogens with zero attached hydrogens (tertiary/aromatic N) is 2. The Balaban J connectivity index is 1.60. The monoisotopic (exact) mass is 386 g/mol. The summed E-state index contributed by atoms with van der Waals surface area (Å²) in [6, 6.07) is 6.28. The van der Waals surface area contributed by atoms with E-state index in [0.29, 0.717) is 16.6 Å². The summed E-state index contributed by atoms with van der Waals surface area (Å²) in [7, 11) is 0. The van der Waals surface area contributed by atoms with Crippen molar-refractivity contribution in [2.45, 2.75) is 12.8 Å². The number of ether oxygens (including phenoxy) is 1. The lowest BCUT2D eigenvalue weighted by atomic mass is 10.3. The van der Waals surface area contributed by atoms with Crippen LogP contribution < -0.4 is 4.74 Å². The number of carbonyl (C=O) groups excluding carboxylic acids is 1. The van der Waals surface area contributed by atoms with Crippen LogP contribution in [0.5, 0.6) is 5.75 Å². The van der Waals surface area contributed by atoms with Crippen LogP contribution in [0.15, 0.2) is 39.5 Å². The first-order valence-electron chi connectivity index (χ1n) is 6.74. The van der Waals surface area contributed by atoms with Crippen LogP contribution in [0.2, 0.25) is 15.1 Å². The lowest BCUT2D eigenvalue weighted by Gasteiger charge is -2.08. The second kappa shape index (κ2) is 7.25. The average molecular weight is 388 g/mol. The van der Waals surface area contributed by atoms with Crippen molar-refractivity contribution >= 4 is 40.8 Å². The maximum Gasteiger partial charge on any atom is 0.311 e. The molecule has 0 saturated heterocycles. The Morgan fingerprint density at radius 2 is 1.96 bits per heavy atom. The molecule has 2 heterocycles. The van der Waals surface area contributed by atoms with Crippen LogP contribution in [-0.2, 0) is 11.2 Å². The Bertz CT molecular complexity index is 838. The second-order valence-corrected chi connectivity index (χ2v) is 5.91. The van der Waals surface area contributed by atoms with Crippen molar-refractivity contribution in [3.05, 3.63) is 51.5 Å². The van der Waals surface area contributed by atoms with E-state index in [1.807, 2.05) is 0 Å². The molecule has 0 unspecified atom stereocenters. The van der Waals surface area contributed by atoms with Crippen molar-refractivity contribution in [3.8, 4) is 17.3 Å². The van der Waals surface area contributed by atoms with E-state index in [9.17, 15) is 4.79 Å². The third-order valence-corrected chi connectivity index (χ3v) is 3.71. The smallest absolute Gasteiger partial charge is 0.311 e. The van der Waals surface area contributed by atoms with E-state index >= 15 is 0 Å². The van der Waals surface area contributed by atoms with Gasteiger partial charge in [-0.3, -0.25) is 4.79 Å². The molecular weight excluding hydrogens is 379 g/mol. The molecule has 0 bridgehead atoms. The lowest BCUT2D eigenvalue weighted by Crippen LogP contribution is -2.10. The minimum Gasteiger partial charge on any atom is -0.461 e. The van der Waals surface area contributed by atoms with Crippen molar-refractivity contribution in [2.75, 3.05) is 0 Å². The van der Waals surface area contributed by atoms with Crippen molar-refractivity contribution in [2.24, 2.45) is 0 Å². The van der Waals surface area contributed by atoms with E-state index in [4.69, 9.17) is 48.5 Å². The quantitative estimate of drug-likeness (QED) is 0.461. The van der Waals surface area contributed by atoms with Gasteiger partial charge in [0.15, 0.2) is 11.5 Å². The molecule has 0 atom stereocenters. The maximum atomic E-state index is 11.9. The first kappa shape index (κ1) is 16.8. The molecule has 3 rings (SSSR count). The maximum absolute atomic E-state index is 11.9. The highest BCUT2D eigenvalue weighted by molar-refractivity contribution is 6.40. The topological polar surface area (TPSA) is 78.4 Å². The van der Waals surface area contributed by atoms with E-state index < -0.39 is 5.97 Å². The zero-order valence-electron chi connectivity index (χ0n) is 12.0. The van der Waals surface area contributed by atoms with E-state index in [-0.39, 0.29) is 34.5 Å². The van der Waals surface area contributed by atoms with Gasteiger partial charge in [-0.2, -0.15) is 4.98 Å². The first-order chi connectivity index (χ1) is 11.5. The fraction of sp³-hybridized carbons (Fsp3) is 0.133. The zero-order chi connectivity index (χ0) is 17.1. The van der Waals surface area contributed by atoms with Gasteiger partial charge in [0, 0.05) is 11.4 Å². The summed E-state index contributed by atoms with van der Waals surface area (Å²) in [6.45, 7) is 0. The molecule has 1 aromatic carbocycles. The largest absolute Gasteiger partial charge is 0.461 e. The highest BCUT2D eigenvalue weighted by Gasteiger charge is 2.16. The molecule has 9 heteroatoms. The van der Waals surface area contributed by atoms with E-state index in [1.165, 1.54) is 18.4 Å². The molecule has 0 radical (unpaired) electrons. The summed E-state index contributed by atoms with van der Waals surface area (Å²) in [4.78, 5) is 16.1. The van der Waals surface area contributed by atoms with Crippen LogP contribution in [-0.4, -0.2) is 16.1 Å². The molecule has 0 saturated carbocycles. The van der Waals surface area contributed by atoms with Crippen LogP contribution in [0.25, 0.3) is 11.6 Å². The van der Waals surface area contributed by atoms with Crippen LogP contribution >= 0.6 is 34.8 Å². The van der Waals surface area contributed by atoms with Crippen LogP contribution in [0, 0.1) is 0 Å². The molecule has 0 fully saturated rings. The summed E-state index contributed by atoms with van der Waals surface area (Å²) in [5.41, 5.74) is 0. The molecule has 0 spiro atoms. The molecule has 6 nitrogen and oxygen atoms in total. The van der Waals surface area contributed by atoms with Crippen molar-refractivity contribution in [1.29, 1.82) is 0 Å². The summed E-state index contributed by atoms with van der Waals surface area (Å²) < 4.78 is 15.4. The third-order valence-electron chi connectivity index (χ3n) is 2.93. The Morgan fingerprint density at radius 1 is 1.21 bits per heavy atom. The van der Waals surface area contributed by atoms with E-state index in [1.54, 1.807) is 12.1 Å². The Labute approximate surface area is 151 Å². The molecule has 2 aromatic heterocycles. The van der Waals surface area contributed by atoms with Gasteiger partial charge in [-0.15, -0.1) is 0 Å². The lowest BCUT2D eigenvalue weighted by molar-refractivity contribution is -0.134. The summed E-state index contributed by atoms with van der Waals surface area (Å²) in [5, 5.41) is 4.42. The minimum atomic E-state index is -0.543. The van der Waals surface area contributed by atoms with Crippen LogP contribution in [0.3, 0.4) is 0 Å². The number of hydrogen-bond acceptors (Lipinski definition) is 6. The molecule has 0 amide bonds. The predicted molar refractivity (Wildman–Crippen MR) is 87.4 cm³/mol. The summed E-state index contributed by atoms with van der Waals surface area (Å²) >= 11 is 17.7. The van der Waals surface area contributed by atoms with Gasteiger partial charge in [0.25, 0.3) is 0 Å². The predicted octanol–water partition coefficient (Wildman–Crippen LogP) is 4.83. The first-order valence-corrected chi connectivity index (χ1v) is 7.88. The molecule has 124 valence electrons. The normalized spacial score (nSPS) is 10.8. The van der Waals surface area contributed by atoms with Gasteiger partial charge in [0.1, 0.15) is 0 Å². The SMILES string of the molecule is O=C(CCc1nc(-c2ccco2)no1)Oc1c(Cl)cc(Cl)cc1Cl. The number of aryl methyl sites for hydroxylation is 1. The fourth-order valence-corrected chi connectivity index (χ4v) is 2.76. The highest BCUT2D eigenvalue weighted by Crippen LogP contribution is 2.36. The van der Waals surface area contributed by atoms with Gasteiger partial charge in [-0.25, -0.2) is 0 Å². The fourth-order valence-electron chi connectivity index (χ4n) is 1.86. The number of furan rings is 1. The Hall–Kier alpha value is -2.02. The summed E-state index contributed by atoms with van der Waals surface area (Å²) in [5.74, 6) is 0.597. The van der Waals surface area contributed by atoms with E-state index in [0.717, 1.165) is 0 Å². The number of halogens is 3. The summed E-state index contributed by atoms with van der Waals surface area (Å²) in [6.07, 6.45) is 1.72. The third kappa shape index (κ3) is 3.90. The Morgan fingerprint density at radius 3 is 2.62 bits per heavy atom. The standard InChI is InChI=1S/C15H9Cl3N2O4/c16-8-6-9(17)14(10(18)7-8)23-13(21)4-3-12-19-15(20-24-12)11-2-1-5-22-11/h1-2,5-7H,3-4H2. The van der Waals surface area contributed by atoms with Gasteiger partial charge in [0.2, 0.25) is 11.7 Å². The molecule has 24 heavy (non-hydrogen) atoms. The second-order valence-electron chi connectivity index (χ2n) is 4.66. The number of rotatable bonds is 5. The molecule has 0 aliphatic carbocycles. The molecule has 3 aromatic rings. The zero-order valence-corrected chi connectivity index (χ0v) is 14.2. The van der Waals surface area contributed by atoms with Crippen molar-refractivity contribution in [1.82, 2.24) is 10.1 Å². The van der Waals surface area contributed by atoms with Crippen LogP contribution in [0.1, 0.15) is 12.3 Å². The molecule has 0 N–H and O–H groups in total. The van der Waals surface area contributed by atoms with Gasteiger partial charge in [0.05, 0.1) is 22.7 Å². The number of hydrogen-bond donors (Lipinski definition) is 0.